The minimum absolute atomic E-state index is 0.188. The lowest BCUT2D eigenvalue weighted by molar-refractivity contribution is -0.146. The van der Waals surface area contributed by atoms with Crippen molar-refractivity contribution in [2.75, 3.05) is 39.9 Å². The molecule has 0 saturated carbocycles. The number of carbonyl (C=O) groups is 1. The molecule has 1 fully saturated rings. The number of hydrogen-bond acceptors (Lipinski definition) is 6. The molecule has 134 valence electrons. The molecule has 1 aliphatic heterocycles. The SMILES string of the molecule is CCOC(=O)C1NNCC1CN(C)CCOc1ccc(C)cc1C. The number of hydrogen-bond donors (Lipinski definition) is 2. The van der Waals surface area contributed by atoms with E-state index in [0.717, 1.165) is 30.9 Å². The highest BCUT2D eigenvalue weighted by molar-refractivity contribution is 5.76. The van der Waals surface area contributed by atoms with Crippen LogP contribution in [0.4, 0.5) is 0 Å². The van der Waals surface area contributed by atoms with Crippen LogP contribution in [0.15, 0.2) is 18.2 Å². The van der Waals surface area contributed by atoms with Gasteiger partial charge in [0.05, 0.1) is 6.61 Å². The van der Waals surface area contributed by atoms with Crippen molar-refractivity contribution in [3.05, 3.63) is 29.3 Å². The van der Waals surface area contributed by atoms with Crippen molar-refractivity contribution in [3.63, 3.8) is 0 Å². The lowest BCUT2D eigenvalue weighted by atomic mass is 10.0. The standard InChI is InChI=1S/C18H29N3O3/c1-5-23-18(22)17-15(11-19-20-17)12-21(4)8-9-24-16-7-6-13(2)10-14(16)3/h6-7,10,15,17,19-20H,5,8-9,11-12H2,1-4H3. The summed E-state index contributed by atoms with van der Waals surface area (Å²) < 4.78 is 11.0. The molecule has 2 unspecified atom stereocenters. The van der Waals surface area contributed by atoms with Gasteiger partial charge in [-0.1, -0.05) is 17.7 Å². The number of likely N-dealkylation sites (N-methyl/N-ethyl adjacent to an activating group) is 1. The highest BCUT2D eigenvalue weighted by atomic mass is 16.5. The van der Waals surface area contributed by atoms with Crippen LogP contribution in [0.25, 0.3) is 0 Å². The Labute approximate surface area is 144 Å². The number of carbonyl (C=O) groups excluding carboxylic acids is 1. The van der Waals surface area contributed by atoms with Gasteiger partial charge in [0.25, 0.3) is 0 Å². The molecule has 1 saturated heterocycles. The van der Waals surface area contributed by atoms with Gasteiger partial charge in [-0.2, -0.15) is 0 Å². The Bertz CT molecular complexity index is 550. The van der Waals surface area contributed by atoms with Crippen molar-refractivity contribution < 1.29 is 14.3 Å². The highest BCUT2D eigenvalue weighted by Crippen LogP contribution is 2.18. The van der Waals surface area contributed by atoms with E-state index >= 15 is 0 Å². The van der Waals surface area contributed by atoms with Crippen LogP contribution in [0.5, 0.6) is 5.75 Å². The van der Waals surface area contributed by atoms with E-state index in [-0.39, 0.29) is 17.9 Å². The van der Waals surface area contributed by atoms with Gasteiger partial charge in [-0.15, -0.1) is 0 Å². The molecule has 0 bridgehead atoms. The molecule has 24 heavy (non-hydrogen) atoms. The quantitative estimate of drug-likeness (QED) is 0.698. The smallest absolute Gasteiger partial charge is 0.324 e. The van der Waals surface area contributed by atoms with Crippen LogP contribution >= 0.6 is 0 Å². The van der Waals surface area contributed by atoms with Crippen LogP contribution in [0, 0.1) is 19.8 Å². The number of esters is 1. The van der Waals surface area contributed by atoms with Crippen molar-refractivity contribution in [3.8, 4) is 5.75 Å². The Morgan fingerprint density at radius 1 is 1.38 bits per heavy atom. The van der Waals surface area contributed by atoms with E-state index < -0.39 is 0 Å². The fourth-order valence-corrected chi connectivity index (χ4v) is 2.95. The third-order valence-corrected chi connectivity index (χ3v) is 4.24. The Morgan fingerprint density at radius 2 is 2.17 bits per heavy atom. The zero-order valence-electron chi connectivity index (χ0n) is 15.1. The molecular weight excluding hydrogens is 306 g/mol. The molecular formula is C18H29N3O3. The topological polar surface area (TPSA) is 62.8 Å². The average Bonchev–Trinajstić information content (AvgIpc) is 2.98. The third-order valence-electron chi connectivity index (χ3n) is 4.24. The number of hydrazine groups is 1. The molecule has 2 atom stereocenters. The Balaban J connectivity index is 1.76. The van der Waals surface area contributed by atoms with Crippen LogP contribution in [-0.2, 0) is 9.53 Å². The van der Waals surface area contributed by atoms with E-state index in [1.54, 1.807) is 0 Å². The maximum absolute atomic E-state index is 11.9. The second-order valence-electron chi connectivity index (χ2n) is 6.39. The molecule has 2 N–H and O–H groups in total. The first kappa shape index (κ1) is 18.7. The first-order valence-corrected chi connectivity index (χ1v) is 8.55. The van der Waals surface area contributed by atoms with Gasteiger partial charge in [-0.25, -0.2) is 5.43 Å². The molecule has 0 amide bonds. The Morgan fingerprint density at radius 3 is 2.88 bits per heavy atom. The van der Waals surface area contributed by atoms with Gasteiger partial charge in [-0.05, 0) is 39.4 Å². The van der Waals surface area contributed by atoms with Gasteiger partial charge in [-0.3, -0.25) is 10.2 Å². The normalized spacial score (nSPS) is 20.4. The van der Waals surface area contributed by atoms with Crippen LogP contribution < -0.4 is 15.6 Å². The zero-order chi connectivity index (χ0) is 17.5. The van der Waals surface area contributed by atoms with E-state index in [4.69, 9.17) is 9.47 Å². The summed E-state index contributed by atoms with van der Waals surface area (Å²) >= 11 is 0. The van der Waals surface area contributed by atoms with Gasteiger partial charge >= 0.3 is 5.97 Å². The first-order chi connectivity index (χ1) is 11.5. The summed E-state index contributed by atoms with van der Waals surface area (Å²) in [7, 11) is 2.05. The van der Waals surface area contributed by atoms with Gasteiger partial charge in [0, 0.05) is 25.6 Å². The minimum atomic E-state index is -0.285. The monoisotopic (exact) mass is 335 g/mol. The summed E-state index contributed by atoms with van der Waals surface area (Å²) in [5, 5.41) is 0. The fraction of sp³-hybridized carbons (Fsp3) is 0.611. The summed E-state index contributed by atoms with van der Waals surface area (Å²) in [6.45, 7) is 9.36. The largest absolute Gasteiger partial charge is 0.492 e. The molecule has 0 radical (unpaired) electrons. The molecule has 0 aliphatic carbocycles. The number of aryl methyl sites for hydroxylation is 2. The van der Waals surface area contributed by atoms with Crippen molar-refractivity contribution in [2.45, 2.75) is 26.8 Å². The molecule has 0 aromatic heterocycles. The number of benzene rings is 1. The predicted molar refractivity (Wildman–Crippen MR) is 94.0 cm³/mol. The van der Waals surface area contributed by atoms with Crippen molar-refractivity contribution in [1.82, 2.24) is 15.8 Å². The molecule has 2 rings (SSSR count). The summed E-state index contributed by atoms with van der Waals surface area (Å²) in [5.41, 5.74) is 8.46. The van der Waals surface area contributed by atoms with Gasteiger partial charge < -0.3 is 14.4 Å². The van der Waals surface area contributed by atoms with Crippen molar-refractivity contribution in [2.24, 2.45) is 5.92 Å². The van der Waals surface area contributed by atoms with E-state index in [2.05, 4.69) is 41.7 Å². The Kier molecular flexibility index (Phi) is 7.02. The van der Waals surface area contributed by atoms with E-state index in [9.17, 15) is 4.79 Å². The summed E-state index contributed by atoms with van der Waals surface area (Å²) in [4.78, 5) is 14.1. The summed E-state index contributed by atoms with van der Waals surface area (Å²) in [6, 6.07) is 5.92. The number of nitrogens with one attached hydrogen (secondary N) is 2. The van der Waals surface area contributed by atoms with Crippen LogP contribution in [0.2, 0.25) is 0 Å². The number of rotatable bonds is 8. The van der Waals surface area contributed by atoms with Gasteiger partial charge in [0.1, 0.15) is 18.4 Å². The molecule has 1 heterocycles. The summed E-state index contributed by atoms with van der Waals surface area (Å²) in [6.07, 6.45) is 0. The van der Waals surface area contributed by atoms with E-state index in [0.29, 0.717) is 13.2 Å². The minimum Gasteiger partial charge on any atom is -0.492 e. The lowest BCUT2D eigenvalue weighted by Gasteiger charge is -2.23. The van der Waals surface area contributed by atoms with Gasteiger partial charge in [0.15, 0.2) is 0 Å². The Hall–Kier alpha value is -1.63. The predicted octanol–water partition coefficient (Wildman–Crippen LogP) is 1.27. The number of nitrogens with zero attached hydrogens (tertiary/aromatic N) is 1. The number of ether oxygens (including phenoxy) is 2. The van der Waals surface area contributed by atoms with Crippen molar-refractivity contribution in [1.29, 1.82) is 0 Å². The zero-order valence-corrected chi connectivity index (χ0v) is 15.1. The van der Waals surface area contributed by atoms with Crippen LogP contribution in [0.1, 0.15) is 18.1 Å². The molecule has 6 nitrogen and oxygen atoms in total. The fourth-order valence-electron chi connectivity index (χ4n) is 2.95. The molecule has 1 aliphatic rings. The van der Waals surface area contributed by atoms with Crippen LogP contribution in [-0.4, -0.2) is 56.8 Å². The molecule has 1 aromatic carbocycles. The van der Waals surface area contributed by atoms with Crippen molar-refractivity contribution >= 4 is 5.97 Å². The van der Waals surface area contributed by atoms with E-state index in [1.807, 2.05) is 20.0 Å². The maximum Gasteiger partial charge on any atom is 0.324 e. The molecule has 0 spiro atoms. The summed E-state index contributed by atoms with van der Waals surface area (Å²) in [5.74, 6) is 0.935. The molecule has 1 aromatic rings. The molecule has 6 heteroatoms. The second-order valence-corrected chi connectivity index (χ2v) is 6.39. The second kappa shape index (κ2) is 9.01. The lowest BCUT2D eigenvalue weighted by Crippen LogP contribution is -2.43. The maximum atomic E-state index is 11.9. The van der Waals surface area contributed by atoms with Gasteiger partial charge in [0.2, 0.25) is 0 Å². The third kappa shape index (κ3) is 5.19. The van der Waals surface area contributed by atoms with Crippen LogP contribution in [0.3, 0.4) is 0 Å². The first-order valence-electron chi connectivity index (χ1n) is 8.55. The average molecular weight is 335 g/mol. The highest BCUT2D eigenvalue weighted by Gasteiger charge is 2.34. The van der Waals surface area contributed by atoms with E-state index in [1.165, 1.54) is 5.56 Å².